The molecule has 6 heteroatoms. The molecule has 2 N–H and O–H groups in total. The maximum Gasteiger partial charge on any atom is 0.329 e. The summed E-state index contributed by atoms with van der Waals surface area (Å²) in [7, 11) is 0. The van der Waals surface area contributed by atoms with Gasteiger partial charge in [-0.25, -0.2) is 4.79 Å². The van der Waals surface area contributed by atoms with Gasteiger partial charge in [-0.15, -0.1) is 0 Å². The first-order valence-electron chi connectivity index (χ1n) is 7.71. The highest BCUT2D eigenvalue weighted by atomic mass is 16.4. The molecule has 2 amide bonds. The lowest BCUT2D eigenvalue weighted by atomic mass is 9.92. The van der Waals surface area contributed by atoms with Crippen molar-refractivity contribution in [2.24, 2.45) is 11.8 Å². The van der Waals surface area contributed by atoms with Crippen molar-refractivity contribution in [1.29, 1.82) is 0 Å². The number of carbonyl (C=O) groups excluding carboxylic acids is 2. The summed E-state index contributed by atoms with van der Waals surface area (Å²) in [6.45, 7) is 4.47. The quantitative estimate of drug-likeness (QED) is 0.792. The van der Waals surface area contributed by atoms with Crippen LogP contribution in [0.1, 0.15) is 46.0 Å². The second-order valence-corrected chi connectivity index (χ2v) is 6.35. The first-order chi connectivity index (χ1) is 9.87. The number of carbonyl (C=O) groups is 3. The van der Waals surface area contributed by atoms with Crippen LogP contribution in [0.3, 0.4) is 0 Å². The fourth-order valence-corrected chi connectivity index (χ4v) is 2.62. The zero-order valence-electron chi connectivity index (χ0n) is 12.7. The Labute approximate surface area is 124 Å². The number of hydrogen-bond acceptors (Lipinski definition) is 3. The Hall–Kier alpha value is -1.59. The number of aliphatic carboxylic acids is 1. The van der Waals surface area contributed by atoms with E-state index in [0.717, 1.165) is 12.8 Å². The molecule has 21 heavy (non-hydrogen) atoms. The van der Waals surface area contributed by atoms with Gasteiger partial charge in [-0.2, -0.15) is 0 Å². The average molecular weight is 296 g/mol. The van der Waals surface area contributed by atoms with Gasteiger partial charge in [0.25, 0.3) is 0 Å². The van der Waals surface area contributed by atoms with Crippen LogP contribution in [0.15, 0.2) is 0 Å². The molecule has 1 unspecified atom stereocenters. The Morgan fingerprint density at radius 1 is 1.14 bits per heavy atom. The van der Waals surface area contributed by atoms with E-state index in [-0.39, 0.29) is 23.7 Å². The SMILES string of the molecule is CCC(C)(NC(=O)C1CCN(C(=O)C2CC2)CC1)C(=O)O. The zero-order chi connectivity index (χ0) is 15.6. The predicted molar refractivity (Wildman–Crippen MR) is 76.5 cm³/mol. The van der Waals surface area contributed by atoms with E-state index in [1.165, 1.54) is 6.92 Å². The van der Waals surface area contributed by atoms with E-state index in [4.69, 9.17) is 0 Å². The van der Waals surface area contributed by atoms with Gasteiger partial charge in [-0.3, -0.25) is 9.59 Å². The molecule has 6 nitrogen and oxygen atoms in total. The summed E-state index contributed by atoms with van der Waals surface area (Å²) in [5, 5.41) is 11.8. The van der Waals surface area contributed by atoms with Crippen LogP contribution in [0.25, 0.3) is 0 Å². The van der Waals surface area contributed by atoms with Gasteiger partial charge in [0, 0.05) is 24.9 Å². The highest BCUT2D eigenvalue weighted by molar-refractivity contribution is 5.88. The maximum absolute atomic E-state index is 12.2. The molecule has 2 fully saturated rings. The molecule has 1 heterocycles. The number of carboxylic acid groups (broad SMARTS) is 1. The molecule has 2 rings (SSSR count). The Balaban J connectivity index is 1.85. The van der Waals surface area contributed by atoms with Crippen LogP contribution in [0.4, 0.5) is 0 Å². The molecule has 1 aliphatic heterocycles. The highest BCUT2D eigenvalue weighted by Crippen LogP contribution is 2.32. The fraction of sp³-hybridized carbons (Fsp3) is 0.800. The van der Waals surface area contributed by atoms with E-state index in [2.05, 4.69) is 5.32 Å². The van der Waals surface area contributed by atoms with Gasteiger partial charge in [0.15, 0.2) is 0 Å². The molecule has 0 bridgehead atoms. The van der Waals surface area contributed by atoms with Gasteiger partial charge >= 0.3 is 5.97 Å². The van der Waals surface area contributed by atoms with Crippen LogP contribution in [0, 0.1) is 11.8 Å². The van der Waals surface area contributed by atoms with Crippen molar-refractivity contribution in [2.75, 3.05) is 13.1 Å². The van der Waals surface area contributed by atoms with Gasteiger partial charge in [0.2, 0.25) is 11.8 Å². The predicted octanol–water partition coefficient (Wildman–Crippen LogP) is 1.00. The Kier molecular flexibility index (Phi) is 4.54. The van der Waals surface area contributed by atoms with Crippen molar-refractivity contribution < 1.29 is 19.5 Å². The molecule has 1 saturated heterocycles. The summed E-state index contributed by atoms with van der Waals surface area (Å²) < 4.78 is 0. The van der Waals surface area contributed by atoms with Crippen LogP contribution < -0.4 is 5.32 Å². The van der Waals surface area contributed by atoms with E-state index < -0.39 is 11.5 Å². The molecule has 1 atom stereocenters. The molecule has 118 valence electrons. The minimum absolute atomic E-state index is 0.196. The average Bonchev–Trinajstić information content (AvgIpc) is 3.31. The van der Waals surface area contributed by atoms with Crippen LogP contribution in [-0.2, 0) is 14.4 Å². The van der Waals surface area contributed by atoms with Crippen molar-refractivity contribution in [3.63, 3.8) is 0 Å². The van der Waals surface area contributed by atoms with Crippen molar-refractivity contribution in [3.05, 3.63) is 0 Å². The lowest BCUT2D eigenvalue weighted by Gasteiger charge is -2.33. The highest BCUT2D eigenvalue weighted by Gasteiger charge is 2.38. The van der Waals surface area contributed by atoms with Gasteiger partial charge < -0.3 is 15.3 Å². The summed E-state index contributed by atoms with van der Waals surface area (Å²) in [4.78, 5) is 37.2. The van der Waals surface area contributed by atoms with Crippen LogP contribution in [0.5, 0.6) is 0 Å². The van der Waals surface area contributed by atoms with E-state index >= 15 is 0 Å². The molecule has 0 aromatic carbocycles. The van der Waals surface area contributed by atoms with Crippen LogP contribution in [-0.4, -0.2) is 46.4 Å². The molecule has 1 saturated carbocycles. The second-order valence-electron chi connectivity index (χ2n) is 6.35. The number of likely N-dealkylation sites (tertiary alicyclic amines) is 1. The van der Waals surface area contributed by atoms with Crippen molar-refractivity contribution in [2.45, 2.75) is 51.5 Å². The largest absolute Gasteiger partial charge is 0.480 e. The van der Waals surface area contributed by atoms with E-state index in [1.54, 1.807) is 6.92 Å². The normalized spacial score (nSPS) is 22.5. The van der Waals surface area contributed by atoms with Crippen LogP contribution >= 0.6 is 0 Å². The monoisotopic (exact) mass is 296 g/mol. The van der Waals surface area contributed by atoms with E-state index in [9.17, 15) is 19.5 Å². The first kappa shape index (κ1) is 15.8. The number of hydrogen-bond donors (Lipinski definition) is 2. The number of rotatable bonds is 5. The molecule has 0 spiro atoms. The minimum atomic E-state index is -1.21. The molecule has 1 aliphatic carbocycles. The van der Waals surface area contributed by atoms with Crippen molar-refractivity contribution in [1.82, 2.24) is 10.2 Å². The van der Waals surface area contributed by atoms with Crippen molar-refractivity contribution in [3.8, 4) is 0 Å². The summed E-state index contributed by atoms with van der Waals surface area (Å²) >= 11 is 0. The number of carboxylic acids is 1. The third kappa shape index (κ3) is 3.54. The van der Waals surface area contributed by atoms with Crippen LogP contribution in [0.2, 0.25) is 0 Å². The number of nitrogens with one attached hydrogen (secondary N) is 1. The number of piperidine rings is 1. The molecule has 2 aliphatic rings. The summed E-state index contributed by atoms with van der Waals surface area (Å²) in [6.07, 6.45) is 3.56. The summed E-state index contributed by atoms with van der Waals surface area (Å²) in [5.74, 6) is -0.984. The molecular weight excluding hydrogens is 272 g/mol. The number of amides is 2. The van der Waals surface area contributed by atoms with Gasteiger partial charge in [-0.1, -0.05) is 6.92 Å². The lowest BCUT2D eigenvalue weighted by molar-refractivity contribution is -0.148. The lowest BCUT2D eigenvalue weighted by Crippen LogP contribution is -2.54. The Morgan fingerprint density at radius 3 is 2.14 bits per heavy atom. The standard InChI is InChI=1S/C15H24N2O4/c1-3-15(2,14(20)21)16-12(18)10-6-8-17(9-7-10)13(19)11-4-5-11/h10-11H,3-9H2,1-2H3,(H,16,18)(H,20,21). The topological polar surface area (TPSA) is 86.7 Å². The smallest absolute Gasteiger partial charge is 0.329 e. The maximum atomic E-state index is 12.2. The molecular formula is C15H24N2O4. The summed E-state index contributed by atoms with van der Waals surface area (Å²) in [5.41, 5.74) is -1.21. The molecule has 0 radical (unpaired) electrons. The third-order valence-corrected chi connectivity index (χ3v) is 4.68. The minimum Gasteiger partial charge on any atom is -0.480 e. The van der Waals surface area contributed by atoms with Crippen molar-refractivity contribution >= 4 is 17.8 Å². The van der Waals surface area contributed by atoms with E-state index in [0.29, 0.717) is 32.4 Å². The number of nitrogens with zero attached hydrogens (tertiary/aromatic N) is 1. The first-order valence-corrected chi connectivity index (χ1v) is 7.71. The van der Waals surface area contributed by atoms with Gasteiger partial charge in [-0.05, 0) is 39.0 Å². The van der Waals surface area contributed by atoms with Gasteiger partial charge in [0.05, 0.1) is 0 Å². The fourth-order valence-electron chi connectivity index (χ4n) is 2.62. The Bertz CT molecular complexity index is 439. The van der Waals surface area contributed by atoms with E-state index in [1.807, 2.05) is 4.90 Å². The molecule has 0 aromatic rings. The summed E-state index contributed by atoms with van der Waals surface area (Å²) in [6, 6.07) is 0. The van der Waals surface area contributed by atoms with Gasteiger partial charge in [0.1, 0.15) is 5.54 Å². The second kappa shape index (κ2) is 6.03. The molecule has 0 aromatic heterocycles. The Morgan fingerprint density at radius 2 is 1.71 bits per heavy atom. The zero-order valence-corrected chi connectivity index (χ0v) is 12.7. The third-order valence-electron chi connectivity index (χ3n) is 4.68.